The van der Waals surface area contributed by atoms with E-state index in [9.17, 15) is 9.59 Å². The summed E-state index contributed by atoms with van der Waals surface area (Å²) in [5.41, 5.74) is 16.1. The molecule has 6 heteroatoms. The molecule has 0 bridgehead atoms. The van der Waals surface area contributed by atoms with Crippen molar-refractivity contribution in [2.45, 2.75) is 25.8 Å². The predicted octanol–water partition coefficient (Wildman–Crippen LogP) is 2.92. The summed E-state index contributed by atoms with van der Waals surface area (Å²) in [6, 6.07) is 16.5. The summed E-state index contributed by atoms with van der Waals surface area (Å²) < 4.78 is 0. The summed E-state index contributed by atoms with van der Waals surface area (Å²) in [5.74, 6) is -0.0304. The molecule has 6 nitrogen and oxygen atoms in total. The van der Waals surface area contributed by atoms with Gasteiger partial charge in [0, 0.05) is 36.8 Å². The molecule has 0 unspecified atom stereocenters. The van der Waals surface area contributed by atoms with Crippen LogP contribution in [0.3, 0.4) is 0 Å². The smallest absolute Gasteiger partial charge is 0.220 e. The van der Waals surface area contributed by atoms with E-state index in [0.717, 1.165) is 16.7 Å². The number of rotatable bonds is 8. The van der Waals surface area contributed by atoms with Gasteiger partial charge >= 0.3 is 0 Å². The van der Waals surface area contributed by atoms with Crippen molar-refractivity contribution in [3.63, 3.8) is 0 Å². The number of hydrogen-bond acceptors (Lipinski definition) is 5. The molecule has 148 valence electrons. The maximum absolute atomic E-state index is 12.4. The van der Waals surface area contributed by atoms with Crippen molar-refractivity contribution in [3.05, 3.63) is 89.2 Å². The van der Waals surface area contributed by atoms with Crippen LogP contribution in [0.5, 0.6) is 0 Å². The van der Waals surface area contributed by atoms with E-state index in [1.807, 2.05) is 36.4 Å². The Labute approximate surface area is 170 Å². The SMILES string of the molecule is Nc1ccc(CCC(=O)NCc2ccc(C(=O)Cc3ccncc3N)cc2)cc1. The van der Waals surface area contributed by atoms with Gasteiger partial charge in [-0.1, -0.05) is 36.4 Å². The number of nitrogens with two attached hydrogens (primary N) is 2. The van der Waals surface area contributed by atoms with E-state index in [4.69, 9.17) is 11.5 Å². The number of aromatic nitrogens is 1. The van der Waals surface area contributed by atoms with Gasteiger partial charge in [-0.05, 0) is 41.3 Å². The third-order valence-electron chi connectivity index (χ3n) is 4.68. The van der Waals surface area contributed by atoms with Crippen LogP contribution in [-0.4, -0.2) is 16.7 Å². The number of benzene rings is 2. The van der Waals surface area contributed by atoms with Gasteiger partial charge in [0.15, 0.2) is 5.78 Å². The number of amides is 1. The van der Waals surface area contributed by atoms with Crippen molar-refractivity contribution in [1.29, 1.82) is 0 Å². The molecule has 0 radical (unpaired) electrons. The second-order valence-electron chi connectivity index (χ2n) is 6.89. The highest BCUT2D eigenvalue weighted by Crippen LogP contribution is 2.14. The Morgan fingerprint density at radius 3 is 2.28 bits per heavy atom. The minimum Gasteiger partial charge on any atom is -0.399 e. The van der Waals surface area contributed by atoms with E-state index >= 15 is 0 Å². The lowest BCUT2D eigenvalue weighted by Crippen LogP contribution is -2.23. The molecule has 5 N–H and O–H groups in total. The Hall–Kier alpha value is -3.67. The molecule has 1 aromatic heterocycles. The summed E-state index contributed by atoms with van der Waals surface area (Å²) >= 11 is 0. The van der Waals surface area contributed by atoms with Crippen molar-refractivity contribution in [2.24, 2.45) is 0 Å². The van der Waals surface area contributed by atoms with Crippen molar-refractivity contribution in [1.82, 2.24) is 10.3 Å². The number of nitrogen functional groups attached to an aromatic ring is 2. The first-order chi connectivity index (χ1) is 14.0. The van der Waals surface area contributed by atoms with E-state index in [1.165, 1.54) is 0 Å². The third-order valence-corrected chi connectivity index (χ3v) is 4.68. The first-order valence-corrected chi connectivity index (χ1v) is 9.43. The number of nitrogens with one attached hydrogen (secondary N) is 1. The van der Waals surface area contributed by atoms with E-state index in [-0.39, 0.29) is 18.1 Å². The number of aryl methyl sites for hydroxylation is 1. The number of carbonyl (C=O) groups is 2. The summed E-state index contributed by atoms with van der Waals surface area (Å²) in [7, 11) is 0. The van der Waals surface area contributed by atoms with Crippen LogP contribution in [-0.2, 0) is 24.2 Å². The zero-order chi connectivity index (χ0) is 20.6. The molecule has 2 aromatic carbocycles. The second kappa shape index (κ2) is 9.50. The molecule has 0 atom stereocenters. The topological polar surface area (TPSA) is 111 Å². The largest absolute Gasteiger partial charge is 0.399 e. The average molecular weight is 388 g/mol. The van der Waals surface area contributed by atoms with E-state index < -0.39 is 0 Å². The van der Waals surface area contributed by atoms with Crippen molar-refractivity contribution >= 4 is 23.1 Å². The molecule has 29 heavy (non-hydrogen) atoms. The maximum Gasteiger partial charge on any atom is 0.220 e. The first kappa shape index (κ1) is 20.1. The summed E-state index contributed by atoms with van der Waals surface area (Å²) in [6.45, 7) is 0.423. The third kappa shape index (κ3) is 5.90. The van der Waals surface area contributed by atoms with Crippen LogP contribution in [0.4, 0.5) is 11.4 Å². The normalized spacial score (nSPS) is 10.5. The molecule has 0 aliphatic heterocycles. The average Bonchev–Trinajstić information content (AvgIpc) is 2.74. The van der Waals surface area contributed by atoms with Gasteiger partial charge in [-0.15, -0.1) is 0 Å². The van der Waals surface area contributed by atoms with Gasteiger partial charge in [0.2, 0.25) is 5.91 Å². The van der Waals surface area contributed by atoms with Gasteiger partial charge in [-0.3, -0.25) is 14.6 Å². The lowest BCUT2D eigenvalue weighted by molar-refractivity contribution is -0.121. The Morgan fingerprint density at radius 1 is 0.897 bits per heavy atom. The van der Waals surface area contributed by atoms with E-state index in [2.05, 4.69) is 10.3 Å². The minimum atomic E-state index is -0.0184. The lowest BCUT2D eigenvalue weighted by atomic mass is 10.0. The van der Waals surface area contributed by atoms with Crippen LogP contribution in [0, 0.1) is 0 Å². The Bertz CT molecular complexity index is 983. The van der Waals surface area contributed by atoms with Gasteiger partial charge in [-0.25, -0.2) is 0 Å². The highest BCUT2D eigenvalue weighted by molar-refractivity contribution is 5.98. The fourth-order valence-corrected chi connectivity index (χ4v) is 2.91. The van der Waals surface area contributed by atoms with Gasteiger partial charge in [0.25, 0.3) is 0 Å². The quantitative estimate of drug-likeness (QED) is 0.406. The van der Waals surface area contributed by atoms with Crippen LogP contribution in [0.25, 0.3) is 0 Å². The zero-order valence-electron chi connectivity index (χ0n) is 16.1. The molecule has 3 aromatic rings. The number of carbonyl (C=O) groups excluding carboxylic acids is 2. The Morgan fingerprint density at radius 2 is 1.59 bits per heavy atom. The highest BCUT2D eigenvalue weighted by Gasteiger charge is 2.10. The van der Waals surface area contributed by atoms with Crippen LogP contribution >= 0.6 is 0 Å². The molecule has 1 amide bonds. The fraction of sp³-hybridized carbons (Fsp3) is 0.174. The second-order valence-corrected chi connectivity index (χ2v) is 6.89. The summed E-state index contributed by atoms with van der Waals surface area (Å²) in [4.78, 5) is 28.4. The lowest BCUT2D eigenvalue weighted by Gasteiger charge is -2.08. The van der Waals surface area contributed by atoms with Gasteiger partial charge in [-0.2, -0.15) is 0 Å². The van der Waals surface area contributed by atoms with Crippen molar-refractivity contribution in [2.75, 3.05) is 11.5 Å². The summed E-state index contributed by atoms with van der Waals surface area (Å²) in [6.07, 6.45) is 4.47. The van der Waals surface area contributed by atoms with Crippen LogP contribution in [0.15, 0.2) is 67.0 Å². The van der Waals surface area contributed by atoms with E-state index in [1.54, 1.807) is 30.6 Å². The van der Waals surface area contributed by atoms with Crippen molar-refractivity contribution in [3.8, 4) is 0 Å². The highest BCUT2D eigenvalue weighted by atomic mass is 16.1. The Balaban J connectivity index is 1.47. The molecule has 0 fully saturated rings. The minimum absolute atomic E-state index is 0.0121. The maximum atomic E-state index is 12.4. The molecule has 0 saturated carbocycles. The summed E-state index contributed by atoms with van der Waals surface area (Å²) in [5, 5.41) is 2.90. The number of Topliss-reactive ketones (excluding diaryl/α,β-unsaturated/α-hetero) is 1. The molecule has 0 spiro atoms. The standard InChI is InChI=1S/C23H24N4O2/c24-20-8-3-16(4-9-20)5-10-23(29)27-14-17-1-6-18(7-2-17)22(28)13-19-11-12-26-15-21(19)25/h1-4,6-9,11-12,15H,5,10,13-14,24-25H2,(H,27,29). The molecule has 0 saturated heterocycles. The number of pyridine rings is 1. The predicted molar refractivity (Wildman–Crippen MR) is 114 cm³/mol. The number of ketones is 1. The van der Waals surface area contributed by atoms with Crippen LogP contribution in [0.2, 0.25) is 0 Å². The van der Waals surface area contributed by atoms with Crippen LogP contribution in [0.1, 0.15) is 33.5 Å². The number of nitrogens with zero attached hydrogens (tertiary/aromatic N) is 1. The number of anilines is 2. The van der Waals surface area contributed by atoms with Gasteiger partial charge in [0.05, 0.1) is 11.9 Å². The molecule has 0 aliphatic rings. The van der Waals surface area contributed by atoms with Crippen molar-refractivity contribution < 1.29 is 9.59 Å². The van der Waals surface area contributed by atoms with Gasteiger partial charge in [0.1, 0.15) is 0 Å². The molecule has 1 heterocycles. The number of hydrogen-bond donors (Lipinski definition) is 3. The van der Waals surface area contributed by atoms with Gasteiger partial charge < -0.3 is 16.8 Å². The van der Waals surface area contributed by atoms with Crippen LogP contribution < -0.4 is 16.8 Å². The fourth-order valence-electron chi connectivity index (χ4n) is 2.91. The molecule has 3 rings (SSSR count). The Kier molecular flexibility index (Phi) is 6.58. The van der Waals surface area contributed by atoms with E-state index in [0.29, 0.717) is 36.3 Å². The zero-order valence-corrected chi connectivity index (χ0v) is 16.1. The molecule has 0 aliphatic carbocycles. The molecular weight excluding hydrogens is 364 g/mol. The molecular formula is C23H24N4O2. The first-order valence-electron chi connectivity index (χ1n) is 9.43. The monoisotopic (exact) mass is 388 g/mol.